The second kappa shape index (κ2) is 9.80. The number of likely N-dealkylation sites (tertiary alicyclic amines) is 1. The number of nitrogens with two attached hydrogens (primary N) is 1. The average Bonchev–Trinajstić information content (AvgIpc) is 3.19. The van der Waals surface area contributed by atoms with E-state index in [4.69, 9.17) is 5.73 Å². The van der Waals surface area contributed by atoms with E-state index < -0.39 is 0 Å². The fourth-order valence-electron chi connectivity index (χ4n) is 3.40. The van der Waals surface area contributed by atoms with E-state index in [-0.39, 0.29) is 30.7 Å². The number of carbonyl (C=O) groups excluding carboxylic acids is 1. The third-order valence-corrected chi connectivity index (χ3v) is 4.71. The SMILES string of the molecule is Cl.Cl.Cn1cc(CCC(=O)N2C[C@@H](CN)[C@H](c3ccccc3)C2)cn1. The molecule has 2 aromatic rings. The van der Waals surface area contributed by atoms with Crippen molar-refractivity contribution >= 4 is 30.7 Å². The first-order valence-corrected chi connectivity index (χ1v) is 8.17. The van der Waals surface area contributed by atoms with Crippen molar-refractivity contribution in [2.24, 2.45) is 18.7 Å². The molecular formula is C18H26Cl2N4O. The van der Waals surface area contributed by atoms with Crippen LogP contribution in [0.5, 0.6) is 0 Å². The van der Waals surface area contributed by atoms with Crippen LogP contribution in [0, 0.1) is 5.92 Å². The largest absolute Gasteiger partial charge is 0.342 e. The highest BCUT2D eigenvalue weighted by Gasteiger charge is 2.34. The number of benzene rings is 1. The van der Waals surface area contributed by atoms with Crippen LogP contribution >= 0.6 is 24.8 Å². The topological polar surface area (TPSA) is 64.2 Å². The molecule has 138 valence electrons. The van der Waals surface area contributed by atoms with E-state index >= 15 is 0 Å². The van der Waals surface area contributed by atoms with Gasteiger partial charge in [0.2, 0.25) is 5.91 Å². The van der Waals surface area contributed by atoms with E-state index in [0.717, 1.165) is 25.1 Å². The maximum absolute atomic E-state index is 12.5. The Labute approximate surface area is 161 Å². The van der Waals surface area contributed by atoms with Gasteiger partial charge in [-0.3, -0.25) is 9.48 Å². The number of aromatic nitrogens is 2. The Hall–Kier alpha value is -1.56. The standard InChI is InChI=1S/C18H24N4O.2ClH/c1-21-11-14(10-20-21)7-8-18(23)22-12-16(9-19)17(13-22)15-5-3-2-4-6-15;;/h2-6,10-11,16-17H,7-9,12-13,19H2,1H3;2*1H/t16-,17+;;/m1../s1. The Balaban J connectivity index is 0.00000156. The summed E-state index contributed by atoms with van der Waals surface area (Å²) in [6, 6.07) is 10.4. The summed E-state index contributed by atoms with van der Waals surface area (Å²) in [4.78, 5) is 14.5. The molecule has 1 saturated heterocycles. The van der Waals surface area contributed by atoms with Crippen LogP contribution in [0.2, 0.25) is 0 Å². The summed E-state index contributed by atoms with van der Waals surface area (Å²) < 4.78 is 1.77. The van der Waals surface area contributed by atoms with Gasteiger partial charge in [0.15, 0.2) is 0 Å². The Morgan fingerprint density at radius 1 is 1.24 bits per heavy atom. The number of rotatable bonds is 5. The highest BCUT2D eigenvalue weighted by atomic mass is 35.5. The molecule has 1 aromatic carbocycles. The quantitative estimate of drug-likeness (QED) is 0.860. The zero-order chi connectivity index (χ0) is 16.2. The van der Waals surface area contributed by atoms with Crippen molar-refractivity contribution in [1.29, 1.82) is 0 Å². The van der Waals surface area contributed by atoms with E-state index in [1.807, 2.05) is 30.4 Å². The number of carbonyl (C=O) groups is 1. The first-order valence-electron chi connectivity index (χ1n) is 8.17. The number of aryl methyl sites for hydroxylation is 2. The Bertz CT molecular complexity index is 662. The molecule has 0 saturated carbocycles. The van der Waals surface area contributed by atoms with Crippen LogP contribution in [0.4, 0.5) is 0 Å². The molecule has 5 nitrogen and oxygen atoms in total. The minimum atomic E-state index is 0. The Kier molecular flexibility index (Phi) is 8.42. The van der Waals surface area contributed by atoms with Gasteiger partial charge in [0.05, 0.1) is 6.20 Å². The average molecular weight is 385 g/mol. The lowest BCUT2D eigenvalue weighted by Gasteiger charge is -2.16. The molecule has 0 bridgehead atoms. The number of hydrogen-bond acceptors (Lipinski definition) is 3. The molecule has 0 aliphatic carbocycles. The number of halogens is 2. The van der Waals surface area contributed by atoms with Crippen molar-refractivity contribution < 1.29 is 4.79 Å². The molecule has 1 amide bonds. The van der Waals surface area contributed by atoms with Gasteiger partial charge in [0.1, 0.15) is 0 Å². The molecule has 3 rings (SSSR count). The van der Waals surface area contributed by atoms with Crippen LogP contribution in [0.3, 0.4) is 0 Å². The van der Waals surface area contributed by atoms with E-state index in [0.29, 0.717) is 24.8 Å². The van der Waals surface area contributed by atoms with Gasteiger partial charge in [-0.2, -0.15) is 5.10 Å². The van der Waals surface area contributed by atoms with Gasteiger partial charge in [-0.25, -0.2) is 0 Å². The summed E-state index contributed by atoms with van der Waals surface area (Å²) in [5.74, 6) is 0.911. The highest BCUT2D eigenvalue weighted by Crippen LogP contribution is 2.32. The van der Waals surface area contributed by atoms with Crippen LogP contribution in [-0.2, 0) is 18.3 Å². The maximum Gasteiger partial charge on any atom is 0.222 e. The van der Waals surface area contributed by atoms with Crippen molar-refractivity contribution in [3.05, 3.63) is 53.9 Å². The van der Waals surface area contributed by atoms with Gasteiger partial charge in [0.25, 0.3) is 0 Å². The van der Waals surface area contributed by atoms with Crippen molar-refractivity contribution in [1.82, 2.24) is 14.7 Å². The monoisotopic (exact) mass is 384 g/mol. The smallest absolute Gasteiger partial charge is 0.222 e. The lowest BCUT2D eigenvalue weighted by Crippen LogP contribution is -2.30. The third kappa shape index (κ3) is 5.21. The Morgan fingerprint density at radius 3 is 2.56 bits per heavy atom. The molecular weight excluding hydrogens is 359 g/mol. The first-order chi connectivity index (χ1) is 11.2. The summed E-state index contributed by atoms with van der Waals surface area (Å²) in [6.07, 6.45) is 5.07. The van der Waals surface area contributed by atoms with Crippen molar-refractivity contribution in [3.63, 3.8) is 0 Å². The van der Waals surface area contributed by atoms with Gasteiger partial charge >= 0.3 is 0 Å². The predicted molar refractivity (Wildman–Crippen MR) is 104 cm³/mol. The number of hydrogen-bond donors (Lipinski definition) is 1. The molecule has 1 fully saturated rings. The second-order valence-corrected chi connectivity index (χ2v) is 6.33. The van der Waals surface area contributed by atoms with Gasteiger partial charge in [0, 0.05) is 38.7 Å². The molecule has 1 aliphatic heterocycles. The number of nitrogens with zero attached hydrogens (tertiary/aromatic N) is 3. The highest BCUT2D eigenvalue weighted by molar-refractivity contribution is 5.85. The summed E-state index contributed by atoms with van der Waals surface area (Å²) in [5, 5.41) is 4.14. The van der Waals surface area contributed by atoms with Crippen molar-refractivity contribution in [2.75, 3.05) is 19.6 Å². The van der Waals surface area contributed by atoms with Crippen molar-refractivity contribution in [2.45, 2.75) is 18.8 Å². The first kappa shape index (κ1) is 21.5. The number of amides is 1. The van der Waals surface area contributed by atoms with Gasteiger partial charge in [-0.05, 0) is 30.0 Å². The molecule has 2 N–H and O–H groups in total. The molecule has 1 aliphatic rings. The molecule has 2 atom stereocenters. The lowest BCUT2D eigenvalue weighted by molar-refractivity contribution is -0.130. The van der Waals surface area contributed by atoms with E-state index in [2.05, 4.69) is 29.4 Å². The molecule has 25 heavy (non-hydrogen) atoms. The van der Waals surface area contributed by atoms with Crippen LogP contribution in [0.15, 0.2) is 42.7 Å². The molecule has 2 heterocycles. The van der Waals surface area contributed by atoms with Gasteiger partial charge in [-0.1, -0.05) is 30.3 Å². The maximum atomic E-state index is 12.5. The van der Waals surface area contributed by atoms with Crippen LogP contribution < -0.4 is 5.73 Å². The minimum Gasteiger partial charge on any atom is -0.342 e. The van der Waals surface area contributed by atoms with Crippen molar-refractivity contribution in [3.8, 4) is 0 Å². The van der Waals surface area contributed by atoms with E-state index in [9.17, 15) is 4.79 Å². The molecule has 0 radical (unpaired) electrons. The predicted octanol–water partition coefficient (Wildman–Crippen LogP) is 2.40. The summed E-state index contributed by atoms with van der Waals surface area (Å²) >= 11 is 0. The van der Waals surface area contributed by atoms with E-state index in [1.165, 1.54) is 5.56 Å². The van der Waals surface area contributed by atoms with Gasteiger partial charge in [-0.15, -0.1) is 24.8 Å². The van der Waals surface area contributed by atoms with Crippen LogP contribution in [-0.4, -0.2) is 40.2 Å². The minimum absolute atomic E-state index is 0. The zero-order valence-electron chi connectivity index (χ0n) is 14.4. The fourth-order valence-corrected chi connectivity index (χ4v) is 3.40. The third-order valence-electron chi connectivity index (χ3n) is 4.71. The molecule has 1 aromatic heterocycles. The summed E-state index contributed by atoms with van der Waals surface area (Å²) in [5.41, 5.74) is 8.33. The van der Waals surface area contributed by atoms with Gasteiger partial charge < -0.3 is 10.6 Å². The second-order valence-electron chi connectivity index (χ2n) is 6.33. The molecule has 0 unspecified atom stereocenters. The zero-order valence-corrected chi connectivity index (χ0v) is 16.0. The van der Waals surface area contributed by atoms with E-state index in [1.54, 1.807) is 4.68 Å². The molecule has 7 heteroatoms. The van der Waals surface area contributed by atoms with Crippen LogP contribution in [0.1, 0.15) is 23.5 Å². The summed E-state index contributed by atoms with van der Waals surface area (Å²) in [7, 11) is 1.89. The summed E-state index contributed by atoms with van der Waals surface area (Å²) in [6.45, 7) is 2.16. The van der Waals surface area contributed by atoms with Crippen LogP contribution in [0.25, 0.3) is 0 Å². The Morgan fingerprint density at radius 2 is 1.96 bits per heavy atom. The lowest BCUT2D eigenvalue weighted by atomic mass is 9.89. The normalized spacial score (nSPS) is 19.2. The molecule has 0 spiro atoms. The fraction of sp³-hybridized carbons (Fsp3) is 0.444.